The fourth-order valence-corrected chi connectivity index (χ4v) is 2.37. The summed E-state index contributed by atoms with van der Waals surface area (Å²) in [5, 5.41) is 6.62. The van der Waals surface area contributed by atoms with Crippen molar-refractivity contribution < 1.29 is 14.2 Å². The van der Waals surface area contributed by atoms with Crippen molar-refractivity contribution in [1.82, 2.24) is 10.6 Å². The molecule has 144 valence electrons. The summed E-state index contributed by atoms with van der Waals surface area (Å²) in [5.41, 5.74) is 1.06. The van der Waals surface area contributed by atoms with Gasteiger partial charge in [0, 0.05) is 25.2 Å². The van der Waals surface area contributed by atoms with Crippen LogP contribution in [0.2, 0.25) is 0 Å². The molecule has 6 nitrogen and oxygen atoms in total. The number of nitrogens with zero attached hydrogens (tertiary/aromatic N) is 1. The molecule has 7 heteroatoms. The lowest BCUT2D eigenvalue weighted by molar-refractivity contribution is 0.322. The summed E-state index contributed by atoms with van der Waals surface area (Å²) < 4.78 is 16.3. The van der Waals surface area contributed by atoms with Crippen LogP contribution in [0, 0.1) is 0 Å². The standard InChI is InChI=1S/C18H31N3O3.HI/c1-6-8-12-20-18(19-7-2)21-13-11-14-9-10-15(22-3)17(24-5)16(14)23-4;/h9-10H,6-8,11-13H2,1-5H3,(H2,19,20,21);1H. The monoisotopic (exact) mass is 465 g/mol. The summed E-state index contributed by atoms with van der Waals surface area (Å²) in [6.45, 7) is 6.67. The number of hydrogen-bond donors (Lipinski definition) is 2. The Balaban J connectivity index is 0.00000576. The molecule has 0 bridgehead atoms. The maximum atomic E-state index is 5.52. The summed E-state index contributed by atoms with van der Waals surface area (Å²) in [7, 11) is 4.88. The minimum atomic E-state index is 0. The van der Waals surface area contributed by atoms with Crippen molar-refractivity contribution in [2.45, 2.75) is 33.1 Å². The predicted octanol–water partition coefficient (Wildman–Crippen LogP) is 3.23. The van der Waals surface area contributed by atoms with Gasteiger partial charge in [-0.25, -0.2) is 0 Å². The van der Waals surface area contributed by atoms with E-state index in [0.29, 0.717) is 17.2 Å². The van der Waals surface area contributed by atoms with Gasteiger partial charge in [-0.2, -0.15) is 0 Å². The third-order valence-electron chi connectivity index (χ3n) is 3.60. The van der Waals surface area contributed by atoms with Crippen LogP contribution in [0.15, 0.2) is 17.1 Å². The molecule has 2 N–H and O–H groups in total. The second-order valence-electron chi connectivity index (χ2n) is 5.28. The first-order chi connectivity index (χ1) is 11.7. The molecule has 0 atom stereocenters. The molecule has 0 unspecified atom stereocenters. The fraction of sp³-hybridized carbons (Fsp3) is 0.611. The Morgan fingerprint density at radius 3 is 2.28 bits per heavy atom. The molecule has 0 aliphatic carbocycles. The van der Waals surface area contributed by atoms with Crippen molar-refractivity contribution in [2.75, 3.05) is 41.0 Å². The minimum Gasteiger partial charge on any atom is -0.493 e. The molecule has 0 aliphatic rings. The van der Waals surface area contributed by atoms with E-state index in [4.69, 9.17) is 14.2 Å². The van der Waals surface area contributed by atoms with Gasteiger partial charge in [0.1, 0.15) is 0 Å². The molecule has 0 aromatic heterocycles. The minimum absolute atomic E-state index is 0. The van der Waals surface area contributed by atoms with E-state index < -0.39 is 0 Å². The van der Waals surface area contributed by atoms with Gasteiger partial charge in [0.25, 0.3) is 0 Å². The normalized spacial score (nSPS) is 10.7. The second-order valence-corrected chi connectivity index (χ2v) is 5.28. The van der Waals surface area contributed by atoms with Crippen molar-refractivity contribution in [3.05, 3.63) is 17.7 Å². The highest BCUT2D eigenvalue weighted by Gasteiger charge is 2.15. The number of guanidine groups is 1. The van der Waals surface area contributed by atoms with Gasteiger partial charge in [-0.05, 0) is 25.8 Å². The first-order valence-electron chi connectivity index (χ1n) is 8.51. The number of nitrogens with one attached hydrogen (secondary N) is 2. The Morgan fingerprint density at radius 2 is 1.72 bits per heavy atom. The number of halogens is 1. The van der Waals surface area contributed by atoms with E-state index in [1.165, 1.54) is 0 Å². The molecule has 0 saturated carbocycles. The molecule has 0 spiro atoms. The Bertz CT molecular complexity index is 525. The van der Waals surface area contributed by atoms with E-state index in [1.54, 1.807) is 21.3 Å². The highest BCUT2D eigenvalue weighted by molar-refractivity contribution is 14.0. The van der Waals surface area contributed by atoms with Crippen molar-refractivity contribution in [1.29, 1.82) is 0 Å². The molecule has 0 radical (unpaired) electrons. The maximum Gasteiger partial charge on any atom is 0.203 e. The van der Waals surface area contributed by atoms with Crippen LogP contribution in [0.25, 0.3) is 0 Å². The lowest BCUT2D eigenvalue weighted by atomic mass is 10.1. The van der Waals surface area contributed by atoms with Gasteiger partial charge < -0.3 is 24.8 Å². The third-order valence-corrected chi connectivity index (χ3v) is 3.60. The number of hydrogen-bond acceptors (Lipinski definition) is 4. The van der Waals surface area contributed by atoms with Gasteiger partial charge in [0.05, 0.1) is 21.3 Å². The first kappa shape index (κ1) is 23.6. The zero-order valence-corrected chi connectivity index (χ0v) is 18.3. The summed E-state index contributed by atoms with van der Waals surface area (Å²) in [5.74, 6) is 2.86. The highest BCUT2D eigenvalue weighted by Crippen LogP contribution is 2.39. The van der Waals surface area contributed by atoms with Crippen LogP contribution < -0.4 is 24.8 Å². The van der Waals surface area contributed by atoms with Crippen molar-refractivity contribution in [3.8, 4) is 17.2 Å². The summed E-state index contributed by atoms with van der Waals surface area (Å²) in [4.78, 5) is 4.56. The average molecular weight is 465 g/mol. The number of ether oxygens (including phenoxy) is 3. The average Bonchev–Trinajstić information content (AvgIpc) is 2.61. The van der Waals surface area contributed by atoms with E-state index in [1.807, 2.05) is 12.1 Å². The van der Waals surface area contributed by atoms with Gasteiger partial charge in [-0.15, -0.1) is 24.0 Å². The number of methoxy groups -OCH3 is 3. The molecule has 25 heavy (non-hydrogen) atoms. The molecule has 0 aliphatic heterocycles. The van der Waals surface area contributed by atoms with Crippen LogP contribution in [0.4, 0.5) is 0 Å². The van der Waals surface area contributed by atoms with Crippen LogP contribution in [0.5, 0.6) is 17.2 Å². The Hall–Kier alpha value is -1.38. The lowest BCUT2D eigenvalue weighted by Crippen LogP contribution is -2.38. The predicted molar refractivity (Wildman–Crippen MR) is 114 cm³/mol. The van der Waals surface area contributed by atoms with Gasteiger partial charge in [0.15, 0.2) is 17.5 Å². The van der Waals surface area contributed by atoms with E-state index >= 15 is 0 Å². The van der Waals surface area contributed by atoms with E-state index in [9.17, 15) is 0 Å². The van der Waals surface area contributed by atoms with Crippen LogP contribution >= 0.6 is 24.0 Å². The molecule has 0 amide bonds. The summed E-state index contributed by atoms with van der Waals surface area (Å²) in [6.07, 6.45) is 3.04. The van der Waals surface area contributed by atoms with Crippen LogP contribution in [-0.4, -0.2) is 46.9 Å². The lowest BCUT2D eigenvalue weighted by Gasteiger charge is -2.16. The van der Waals surface area contributed by atoms with E-state index in [-0.39, 0.29) is 24.0 Å². The Kier molecular flexibility index (Phi) is 13.1. The molecule has 0 fully saturated rings. The number of rotatable bonds is 10. The Labute approximate surface area is 168 Å². The maximum absolute atomic E-state index is 5.52. The van der Waals surface area contributed by atoms with Crippen LogP contribution in [0.1, 0.15) is 32.3 Å². The highest BCUT2D eigenvalue weighted by atomic mass is 127. The smallest absolute Gasteiger partial charge is 0.203 e. The van der Waals surface area contributed by atoms with E-state index in [2.05, 4.69) is 29.5 Å². The first-order valence-corrected chi connectivity index (χ1v) is 8.51. The fourth-order valence-electron chi connectivity index (χ4n) is 2.37. The third kappa shape index (κ3) is 7.58. The molecule has 1 rings (SSSR count). The number of benzene rings is 1. The van der Waals surface area contributed by atoms with Crippen molar-refractivity contribution in [3.63, 3.8) is 0 Å². The topological polar surface area (TPSA) is 64.1 Å². The number of unbranched alkanes of at least 4 members (excludes halogenated alkanes) is 1. The molecule has 0 heterocycles. The second kappa shape index (κ2) is 13.9. The molecular weight excluding hydrogens is 433 g/mol. The zero-order chi connectivity index (χ0) is 17.8. The van der Waals surface area contributed by atoms with E-state index in [0.717, 1.165) is 50.4 Å². The number of aliphatic imine (C=N–C) groups is 1. The van der Waals surface area contributed by atoms with Gasteiger partial charge in [-0.3, -0.25) is 4.99 Å². The van der Waals surface area contributed by atoms with Crippen LogP contribution in [0.3, 0.4) is 0 Å². The van der Waals surface area contributed by atoms with Crippen molar-refractivity contribution >= 4 is 29.9 Å². The van der Waals surface area contributed by atoms with Gasteiger partial charge in [-0.1, -0.05) is 19.4 Å². The molecule has 0 saturated heterocycles. The Morgan fingerprint density at radius 1 is 1.00 bits per heavy atom. The molecule has 1 aromatic rings. The van der Waals surface area contributed by atoms with Gasteiger partial charge >= 0.3 is 0 Å². The van der Waals surface area contributed by atoms with Crippen LogP contribution in [-0.2, 0) is 6.42 Å². The summed E-state index contributed by atoms with van der Waals surface area (Å²) in [6, 6.07) is 3.90. The molecular formula is C18H32IN3O3. The largest absolute Gasteiger partial charge is 0.493 e. The molecule has 1 aromatic carbocycles. The zero-order valence-electron chi connectivity index (χ0n) is 16.0. The quantitative estimate of drug-likeness (QED) is 0.241. The SMILES string of the molecule is CCCCN=C(NCC)NCCc1ccc(OC)c(OC)c1OC.I. The van der Waals surface area contributed by atoms with Gasteiger partial charge in [0.2, 0.25) is 5.75 Å². The summed E-state index contributed by atoms with van der Waals surface area (Å²) >= 11 is 0. The van der Waals surface area contributed by atoms with Crippen molar-refractivity contribution in [2.24, 2.45) is 4.99 Å².